The van der Waals surface area contributed by atoms with E-state index >= 15 is 0 Å². The molecule has 0 bridgehead atoms. The van der Waals surface area contributed by atoms with Crippen molar-refractivity contribution in [3.8, 4) is 0 Å². The van der Waals surface area contributed by atoms with E-state index in [1.54, 1.807) is 7.11 Å². The van der Waals surface area contributed by atoms with Gasteiger partial charge in [-0.2, -0.15) is 0 Å². The molecule has 5 heteroatoms. The average molecular weight is 295 g/mol. The van der Waals surface area contributed by atoms with Crippen LogP contribution in [0.3, 0.4) is 0 Å². The van der Waals surface area contributed by atoms with E-state index in [0.717, 1.165) is 37.3 Å². The third-order valence-corrected chi connectivity index (χ3v) is 3.66. The zero-order valence-electron chi connectivity index (χ0n) is 13.5. The quantitative estimate of drug-likeness (QED) is 0.610. The first-order valence-corrected chi connectivity index (χ1v) is 7.79. The van der Waals surface area contributed by atoms with Crippen molar-refractivity contribution >= 4 is 5.82 Å². The number of pyridine rings is 1. The van der Waals surface area contributed by atoms with Crippen molar-refractivity contribution in [2.45, 2.75) is 39.3 Å². The topological polar surface area (TPSA) is 57.6 Å². The molecule has 120 valence electrons. The van der Waals surface area contributed by atoms with Crippen LogP contribution in [0.15, 0.2) is 18.3 Å². The van der Waals surface area contributed by atoms with Gasteiger partial charge in [-0.1, -0.05) is 19.9 Å². The Bertz CT molecular complexity index is 384. The molecule has 0 saturated carbocycles. The molecule has 1 aromatic heterocycles. The lowest BCUT2D eigenvalue weighted by atomic mass is 10.1. The van der Waals surface area contributed by atoms with Crippen molar-refractivity contribution in [1.82, 2.24) is 10.3 Å². The fourth-order valence-corrected chi connectivity index (χ4v) is 2.52. The van der Waals surface area contributed by atoms with Gasteiger partial charge in [-0.3, -0.25) is 0 Å². The van der Waals surface area contributed by atoms with Gasteiger partial charge in [-0.15, -0.1) is 0 Å². The molecule has 0 amide bonds. The van der Waals surface area contributed by atoms with Crippen LogP contribution in [0.4, 0.5) is 5.82 Å². The average Bonchev–Trinajstić information content (AvgIpc) is 2.52. The van der Waals surface area contributed by atoms with Gasteiger partial charge in [0.15, 0.2) is 0 Å². The van der Waals surface area contributed by atoms with E-state index in [9.17, 15) is 5.11 Å². The molecule has 0 aliphatic heterocycles. The first kappa shape index (κ1) is 17.9. The highest BCUT2D eigenvalue weighted by Crippen LogP contribution is 2.22. The largest absolute Gasteiger partial charge is 0.395 e. The third-order valence-electron chi connectivity index (χ3n) is 3.66. The number of hydrogen-bond donors (Lipinski definition) is 2. The van der Waals surface area contributed by atoms with Gasteiger partial charge >= 0.3 is 0 Å². The number of aliphatic hydroxyl groups excluding tert-OH is 1. The predicted molar refractivity (Wildman–Crippen MR) is 86.6 cm³/mol. The van der Waals surface area contributed by atoms with E-state index in [1.165, 1.54) is 0 Å². The van der Waals surface area contributed by atoms with Crippen molar-refractivity contribution in [2.75, 3.05) is 38.3 Å². The SMILES string of the molecule is CCC(CC)N(CCO)c1ncccc1CNCCOC. The molecule has 0 aromatic carbocycles. The summed E-state index contributed by atoms with van der Waals surface area (Å²) in [5.41, 5.74) is 1.16. The van der Waals surface area contributed by atoms with Crippen LogP contribution >= 0.6 is 0 Å². The summed E-state index contributed by atoms with van der Waals surface area (Å²) in [5.74, 6) is 0.977. The smallest absolute Gasteiger partial charge is 0.133 e. The van der Waals surface area contributed by atoms with Gasteiger partial charge in [0.1, 0.15) is 5.82 Å². The molecule has 21 heavy (non-hydrogen) atoms. The molecule has 1 rings (SSSR count). The van der Waals surface area contributed by atoms with Gasteiger partial charge in [-0.25, -0.2) is 4.98 Å². The molecule has 0 aliphatic carbocycles. The Morgan fingerprint density at radius 2 is 2.14 bits per heavy atom. The first-order valence-electron chi connectivity index (χ1n) is 7.79. The lowest BCUT2D eigenvalue weighted by Crippen LogP contribution is -2.38. The molecule has 2 N–H and O–H groups in total. The number of aliphatic hydroxyl groups is 1. The Morgan fingerprint density at radius 1 is 1.38 bits per heavy atom. The van der Waals surface area contributed by atoms with Gasteiger partial charge in [0, 0.05) is 44.5 Å². The van der Waals surface area contributed by atoms with Crippen LogP contribution in [-0.2, 0) is 11.3 Å². The standard InChI is InChI=1S/C16H29N3O2/c1-4-15(5-2)19(10-11-20)16-14(7-6-8-18-16)13-17-9-12-21-3/h6-8,15,17,20H,4-5,9-13H2,1-3H3. The second kappa shape index (κ2) is 10.5. The molecule has 0 unspecified atom stereocenters. The van der Waals surface area contributed by atoms with Crippen LogP contribution in [0.25, 0.3) is 0 Å². The molecule has 0 radical (unpaired) electrons. The molecule has 5 nitrogen and oxygen atoms in total. The van der Waals surface area contributed by atoms with Crippen LogP contribution in [0.2, 0.25) is 0 Å². The molecular formula is C16H29N3O2. The van der Waals surface area contributed by atoms with E-state index in [-0.39, 0.29) is 6.61 Å². The number of aromatic nitrogens is 1. The van der Waals surface area contributed by atoms with Crippen molar-refractivity contribution in [3.63, 3.8) is 0 Å². The maximum atomic E-state index is 9.37. The van der Waals surface area contributed by atoms with Crippen LogP contribution in [-0.4, -0.2) is 49.5 Å². The summed E-state index contributed by atoms with van der Waals surface area (Å²) in [4.78, 5) is 6.79. The Kier molecular flexibility index (Phi) is 8.98. The molecule has 1 aromatic rings. The number of nitrogens with zero attached hydrogens (tertiary/aromatic N) is 2. The first-order chi connectivity index (χ1) is 10.3. The Morgan fingerprint density at radius 3 is 2.76 bits per heavy atom. The zero-order chi connectivity index (χ0) is 15.5. The number of rotatable bonds is 11. The van der Waals surface area contributed by atoms with E-state index < -0.39 is 0 Å². The maximum Gasteiger partial charge on any atom is 0.133 e. The van der Waals surface area contributed by atoms with Gasteiger partial charge in [0.05, 0.1) is 13.2 Å². The van der Waals surface area contributed by atoms with Gasteiger partial charge in [0.25, 0.3) is 0 Å². The van der Waals surface area contributed by atoms with Crippen molar-refractivity contribution in [2.24, 2.45) is 0 Å². The van der Waals surface area contributed by atoms with E-state index in [1.807, 2.05) is 12.3 Å². The lowest BCUT2D eigenvalue weighted by Gasteiger charge is -2.32. The van der Waals surface area contributed by atoms with Crippen LogP contribution in [0.1, 0.15) is 32.3 Å². The molecule has 0 saturated heterocycles. The zero-order valence-corrected chi connectivity index (χ0v) is 13.5. The second-order valence-corrected chi connectivity index (χ2v) is 5.04. The molecular weight excluding hydrogens is 266 g/mol. The number of hydrogen-bond acceptors (Lipinski definition) is 5. The number of methoxy groups -OCH3 is 1. The highest BCUT2D eigenvalue weighted by molar-refractivity contribution is 5.47. The number of ether oxygens (including phenoxy) is 1. The summed E-state index contributed by atoms with van der Waals surface area (Å²) >= 11 is 0. The van der Waals surface area contributed by atoms with Gasteiger partial charge in [-0.05, 0) is 18.9 Å². The number of anilines is 1. The van der Waals surface area contributed by atoms with E-state index in [2.05, 4.69) is 35.1 Å². The second-order valence-electron chi connectivity index (χ2n) is 5.04. The van der Waals surface area contributed by atoms with Crippen molar-refractivity contribution < 1.29 is 9.84 Å². The predicted octanol–water partition coefficient (Wildman–Crippen LogP) is 1.80. The maximum absolute atomic E-state index is 9.37. The van der Waals surface area contributed by atoms with Gasteiger partial charge in [0.2, 0.25) is 0 Å². The lowest BCUT2D eigenvalue weighted by molar-refractivity contribution is 0.199. The third kappa shape index (κ3) is 5.61. The molecule has 0 spiro atoms. The van der Waals surface area contributed by atoms with Crippen LogP contribution in [0.5, 0.6) is 0 Å². The minimum atomic E-state index is 0.142. The highest BCUT2D eigenvalue weighted by atomic mass is 16.5. The Hall–Kier alpha value is -1.17. The fourth-order valence-electron chi connectivity index (χ4n) is 2.52. The molecule has 1 heterocycles. The van der Waals surface area contributed by atoms with E-state index in [4.69, 9.17) is 4.74 Å². The summed E-state index contributed by atoms with van der Waals surface area (Å²) in [6.07, 6.45) is 3.91. The summed E-state index contributed by atoms with van der Waals surface area (Å²) in [5, 5.41) is 12.7. The summed E-state index contributed by atoms with van der Waals surface area (Å²) in [7, 11) is 1.70. The molecule has 0 aliphatic rings. The Balaban J connectivity index is 2.86. The number of nitrogens with one attached hydrogen (secondary N) is 1. The molecule has 0 fully saturated rings. The van der Waals surface area contributed by atoms with Gasteiger partial charge < -0.3 is 20.1 Å². The van der Waals surface area contributed by atoms with Crippen molar-refractivity contribution in [3.05, 3.63) is 23.9 Å². The van der Waals surface area contributed by atoms with Crippen molar-refractivity contribution in [1.29, 1.82) is 0 Å². The summed E-state index contributed by atoms with van der Waals surface area (Å²) in [6, 6.07) is 4.46. The minimum absolute atomic E-state index is 0.142. The molecule has 0 atom stereocenters. The van der Waals surface area contributed by atoms with Crippen LogP contribution in [0, 0.1) is 0 Å². The van der Waals surface area contributed by atoms with E-state index in [0.29, 0.717) is 19.2 Å². The normalized spacial score (nSPS) is 11.1. The summed E-state index contributed by atoms with van der Waals surface area (Å²) in [6.45, 7) is 7.39. The summed E-state index contributed by atoms with van der Waals surface area (Å²) < 4.78 is 5.05. The van der Waals surface area contributed by atoms with Crippen LogP contribution < -0.4 is 10.2 Å². The highest BCUT2D eigenvalue weighted by Gasteiger charge is 2.18. The Labute approximate surface area is 128 Å². The monoisotopic (exact) mass is 295 g/mol. The minimum Gasteiger partial charge on any atom is -0.395 e. The fraction of sp³-hybridized carbons (Fsp3) is 0.688.